The summed E-state index contributed by atoms with van der Waals surface area (Å²) < 4.78 is 0. The highest BCUT2D eigenvalue weighted by atomic mass is 35.5. The predicted molar refractivity (Wildman–Crippen MR) is 134 cm³/mol. The summed E-state index contributed by atoms with van der Waals surface area (Å²) in [7, 11) is 3.64. The van der Waals surface area contributed by atoms with Crippen LogP contribution < -0.4 is 20.9 Å². The van der Waals surface area contributed by atoms with Crippen LogP contribution in [0.1, 0.15) is 0 Å². The lowest BCUT2D eigenvalue weighted by molar-refractivity contribution is -0.116. The molecule has 0 radical (unpaired) electrons. The SMILES string of the molecule is CN(C)CC(=O)Nc1cccc(NC(=O)Nc2ccc(N(CCCl)CCCl)cc2)c1.Cl. The maximum absolute atomic E-state index is 12.3. The van der Waals surface area contributed by atoms with Crippen molar-refractivity contribution in [1.29, 1.82) is 0 Å². The van der Waals surface area contributed by atoms with Crippen molar-refractivity contribution in [3.63, 3.8) is 0 Å². The Morgan fingerprint density at radius 1 is 0.839 bits per heavy atom. The maximum atomic E-state index is 12.3. The van der Waals surface area contributed by atoms with Crippen molar-refractivity contribution in [2.24, 2.45) is 0 Å². The molecule has 0 aromatic heterocycles. The average Bonchev–Trinajstić information content (AvgIpc) is 2.68. The summed E-state index contributed by atoms with van der Waals surface area (Å²) in [6, 6.07) is 14.1. The summed E-state index contributed by atoms with van der Waals surface area (Å²) in [6.45, 7) is 1.67. The molecular formula is C21H28Cl3N5O2. The fraction of sp³-hybridized carbons (Fsp3) is 0.333. The van der Waals surface area contributed by atoms with Crippen molar-refractivity contribution < 1.29 is 9.59 Å². The molecule has 0 aliphatic carbocycles. The zero-order valence-electron chi connectivity index (χ0n) is 17.5. The molecule has 0 atom stereocenters. The van der Waals surface area contributed by atoms with Crippen molar-refractivity contribution in [2.75, 3.05) is 66.3 Å². The van der Waals surface area contributed by atoms with E-state index in [1.54, 1.807) is 29.2 Å². The van der Waals surface area contributed by atoms with Crippen LogP contribution >= 0.6 is 35.6 Å². The number of carbonyl (C=O) groups excluding carboxylic acids is 2. The van der Waals surface area contributed by atoms with E-state index in [1.165, 1.54) is 0 Å². The van der Waals surface area contributed by atoms with Crippen LogP contribution in [0.5, 0.6) is 0 Å². The zero-order valence-corrected chi connectivity index (χ0v) is 19.9. The van der Waals surface area contributed by atoms with Crippen LogP contribution in [-0.2, 0) is 4.79 Å². The number of likely N-dealkylation sites (N-methyl/N-ethyl adjacent to an activating group) is 1. The summed E-state index contributed by atoms with van der Waals surface area (Å²) in [5.41, 5.74) is 2.83. The lowest BCUT2D eigenvalue weighted by Gasteiger charge is -2.23. The van der Waals surface area contributed by atoms with E-state index < -0.39 is 0 Å². The van der Waals surface area contributed by atoms with Gasteiger partial charge in [0.25, 0.3) is 0 Å². The third-order valence-electron chi connectivity index (χ3n) is 4.06. The topological polar surface area (TPSA) is 76.7 Å². The molecule has 0 unspecified atom stereocenters. The van der Waals surface area contributed by atoms with Gasteiger partial charge in [0.15, 0.2) is 0 Å². The van der Waals surface area contributed by atoms with Gasteiger partial charge < -0.3 is 25.8 Å². The van der Waals surface area contributed by atoms with E-state index in [-0.39, 0.29) is 30.9 Å². The van der Waals surface area contributed by atoms with Gasteiger partial charge in [0, 0.05) is 47.6 Å². The van der Waals surface area contributed by atoms with Crippen LogP contribution in [0.25, 0.3) is 0 Å². The molecule has 170 valence electrons. The molecule has 3 N–H and O–H groups in total. The Hall–Kier alpha value is -2.19. The molecule has 3 amide bonds. The van der Waals surface area contributed by atoms with Crippen LogP contribution in [-0.4, -0.2) is 62.3 Å². The van der Waals surface area contributed by atoms with E-state index in [9.17, 15) is 9.59 Å². The third-order valence-corrected chi connectivity index (χ3v) is 4.40. The zero-order chi connectivity index (χ0) is 21.9. The number of urea groups is 1. The van der Waals surface area contributed by atoms with Crippen molar-refractivity contribution in [3.8, 4) is 0 Å². The Balaban J connectivity index is 0.00000480. The first-order valence-electron chi connectivity index (χ1n) is 9.51. The molecule has 7 nitrogen and oxygen atoms in total. The van der Waals surface area contributed by atoms with Crippen LogP contribution in [0.2, 0.25) is 0 Å². The van der Waals surface area contributed by atoms with Gasteiger partial charge in [0.2, 0.25) is 5.91 Å². The highest BCUT2D eigenvalue weighted by molar-refractivity contribution is 6.18. The summed E-state index contributed by atoms with van der Waals surface area (Å²) in [5.74, 6) is 0.890. The Labute approximate surface area is 199 Å². The molecule has 0 heterocycles. The van der Waals surface area contributed by atoms with Crippen LogP contribution in [0.3, 0.4) is 0 Å². The van der Waals surface area contributed by atoms with Gasteiger partial charge in [-0.3, -0.25) is 4.79 Å². The highest BCUT2D eigenvalue weighted by Gasteiger charge is 2.08. The number of rotatable bonds is 10. The van der Waals surface area contributed by atoms with E-state index >= 15 is 0 Å². The normalized spacial score (nSPS) is 10.2. The minimum Gasteiger partial charge on any atom is -0.369 e. The molecule has 10 heteroatoms. The summed E-state index contributed by atoms with van der Waals surface area (Å²) in [5, 5.41) is 8.36. The van der Waals surface area contributed by atoms with Gasteiger partial charge in [0.1, 0.15) is 0 Å². The predicted octanol–water partition coefficient (Wildman–Crippen LogP) is 4.54. The highest BCUT2D eigenvalue weighted by Crippen LogP contribution is 2.19. The smallest absolute Gasteiger partial charge is 0.323 e. The fourth-order valence-corrected chi connectivity index (χ4v) is 3.19. The molecule has 0 spiro atoms. The number of nitrogens with one attached hydrogen (secondary N) is 3. The Kier molecular flexibility index (Phi) is 12.1. The molecule has 0 saturated heterocycles. The molecular weight excluding hydrogens is 461 g/mol. The Morgan fingerprint density at radius 2 is 1.39 bits per heavy atom. The van der Waals surface area contributed by atoms with Crippen molar-refractivity contribution in [1.82, 2.24) is 4.90 Å². The number of hydrogen-bond donors (Lipinski definition) is 3. The van der Waals surface area contributed by atoms with Gasteiger partial charge in [-0.1, -0.05) is 6.07 Å². The molecule has 0 saturated carbocycles. The molecule has 0 aliphatic heterocycles. The first-order chi connectivity index (χ1) is 14.4. The molecule has 0 fully saturated rings. The number of benzene rings is 2. The van der Waals surface area contributed by atoms with Gasteiger partial charge in [0.05, 0.1) is 6.54 Å². The number of amides is 3. The molecule has 2 aromatic rings. The van der Waals surface area contributed by atoms with Gasteiger partial charge in [-0.2, -0.15) is 0 Å². The molecule has 2 aromatic carbocycles. The lowest BCUT2D eigenvalue weighted by atomic mass is 10.2. The second kappa shape index (κ2) is 14.0. The second-order valence-corrected chi connectivity index (χ2v) is 7.61. The fourth-order valence-electron chi connectivity index (χ4n) is 2.79. The minimum absolute atomic E-state index is 0. The standard InChI is InChI=1S/C21H27Cl2N5O2.ClH/c1-27(2)15-20(29)24-17-4-3-5-18(14-17)26-21(30)25-16-6-8-19(9-7-16)28(12-10-22)13-11-23;/h3-9,14H,10-13,15H2,1-2H3,(H,24,29)(H2,25,26,30);1H. The first-order valence-corrected chi connectivity index (χ1v) is 10.6. The summed E-state index contributed by atoms with van der Waals surface area (Å²) >= 11 is 11.7. The van der Waals surface area contributed by atoms with Crippen LogP contribution in [0, 0.1) is 0 Å². The molecule has 2 rings (SSSR count). The van der Waals surface area contributed by atoms with E-state index in [1.807, 2.05) is 38.4 Å². The van der Waals surface area contributed by atoms with Crippen molar-refractivity contribution >= 4 is 70.3 Å². The quantitative estimate of drug-likeness (QED) is 0.429. The monoisotopic (exact) mass is 487 g/mol. The molecule has 0 aliphatic rings. The van der Waals surface area contributed by atoms with Gasteiger partial charge in [-0.25, -0.2) is 4.79 Å². The Bertz CT molecular complexity index is 828. The summed E-state index contributed by atoms with van der Waals surface area (Å²) in [6.07, 6.45) is 0. The number of hydrogen-bond acceptors (Lipinski definition) is 4. The largest absolute Gasteiger partial charge is 0.369 e. The minimum atomic E-state index is -0.377. The van der Waals surface area contributed by atoms with Crippen molar-refractivity contribution in [3.05, 3.63) is 48.5 Å². The lowest BCUT2D eigenvalue weighted by Crippen LogP contribution is -2.27. The third kappa shape index (κ3) is 9.65. The number of alkyl halides is 2. The number of carbonyl (C=O) groups is 2. The maximum Gasteiger partial charge on any atom is 0.323 e. The van der Waals surface area contributed by atoms with E-state index in [0.717, 1.165) is 5.69 Å². The van der Waals surface area contributed by atoms with Gasteiger partial charge >= 0.3 is 6.03 Å². The molecule has 31 heavy (non-hydrogen) atoms. The van der Waals surface area contributed by atoms with Crippen molar-refractivity contribution in [2.45, 2.75) is 0 Å². The summed E-state index contributed by atoms with van der Waals surface area (Å²) in [4.78, 5) is 28.1. The van der Waals surface area contributed by atoms with Crippen LogP contribution in [0.15, 0.2) is 48.5 Å². The van der Waals surface area contributed by atoms with Crippen LogP contribution in [0.4, 0.5) is 27.5 Å². The van der Waals surface area contributed by atoms with E-state index in [2.05, 4.69) is 20.9 Å². The number of nitrogens with zero attached hydrogens (tertiary/aromatic N) is 2. The number of halogens is 3. The van der Waals surface area contributed by atoms with E-state index in [4.69, 9.17) is 23.2 Å². The van der Waals surface area contributed by atoms with E-state index in [0.29, 0.717) is 41.9 Å². The molecule has 0 bridgehead atoms. The Morgan fingerprint density at radius 3 is 1.94 bits per heavy atom. The first kappa shape index (κ1) is 26.8. The van der Waals surface area contributed by atoms with Gasteiger partial charge in [-0.05, 0) is 56.6 Å². The average molecular weight is 489 g/mol. The number of anilines is 4. The van der Waals surface area contributed by atoms with Gasteiger partial charge in [-0.15, -0.1) is 35.6 Å². The second-order valence-electron chi connectivity index (χ2n) is 6.86.